The molecule has 0 fully saturated rings. The predicted molar refractivity (Wildman–Crippen MR) is 83.4 cm³/mol. The van der Waals surface area contributed by atoms with E-state index in [9.17, 15) is 0 Å². The zero-order valence-corrected chi connectivity index (χ0v) is 13.3. The van der Waals surface area contributed by atoms with Crippen LogP contribution in [0, 0.1) is 0 Å². The van der Waals surface area contributed by atoms with E-state index >= 15 is 0 Å². The van der Waals surface area contributed by atoms with Crippen LogP contribution >= 0.6 is 23.4 Å². The van der Waals surface area contributed by atoms with Gasteiger partial charge in [-0.25, -0.2) is 4.98 Å². The molecule has 0 bridgehead atoms. The molecule has 0 aliphatic rings. The van der Waals surface area contributed by atoms with Crippen molar-refractivity contribution in [3.05, 3.63) is 47.1 Å². The largest absolute Gasteiger partial charge is 0.420 e. The molecule has 0 aliphatic heterocycles. The first-order valence-electron chi connectivity index (χ1n) is 6.50. The van der Waals surface area contributed by atoms with E-state index in [0.717, 1.165) is 16.4 Å². The summed E-state index contributed by atoms with van der Waals surface area (Å²) < 4.78 is 7.46. The summed E-state index contributed by atoms with van der Waals surface area (Å²) >= 11 is 7.42. The second kappa shape index (κ2) is 6.51. The van der Waals surface area contributed by atoms with E-state index in [4.69, 9.17) is 21.1 Å². The quantitative estimate of drug-likeness (QED) is 0.722. The highest BCUT2D eigenvalue weighted by Gasteiger charge is 2.12. The van der Waals surface area contributed by atoms with Crippen molar-refractivity contribution in [2.45, 2.75) is 17.5 Å². The smallest absolute Gasteiger partial charge is 0.247 e. The highest BCUT2D eigenvalue weighted by Crippen LogP contribution is 2.25. The molecule has 0 spiro atoms. The Morgan fingerprint density at radius 3 is 2.95 bits per heavy atom. The van der Waals surface area contributed by atoms with E-state index in [1.165, 1.54) is 11.8 Å². The van der Waals surface area contributed by atoms with Gasteiger partial charge in [-0.05, 0) is 18.2 Å². The Balaban J connectivity index is 1.70. The molecular formula is C14H13ClN4O2S. The Hall–Kier alpha value is -1.83. The summed E-state index contributed by atoms with van der Waals surface area (Å²) in [7, 11) is 1.85. The number of imidazole rings is 1. The molecule has 0 radical (unpaired) electrons. The van der Waals surface area contributed by atoms with Crippen molar-refractivity contribution < 1.29 is 9.52 Å². The third kappa shape index (κ3) is 3.16. The van der Waals surface area contributed by atoms with Gasteiger partial charge >= 0.3 is 0 Å². The molecule has 0 saturated carbocycles. The maximum absolute atomic E-state index is 9.15. The van der Waals surface area contributed by atoms with E-state index in [-0.39, 0.29) is 6.61 Å². The molecule has 0 amide bonds. The second-order valence-electron chi connectivity index (χ2n) is 4.55. The van der Waals surface area contributed by atoms with Gasteiger partial charge in [-0.2, -0.15) is 0 Å². The van der Waals surface area contributed by atoms with Gasteiger partial charge in [-0.1, -0.05) is 29.4 Å². The van der Waals surface area contributed by atoms with Gasteiger partial charge in [0.25, 0.3) is 0 Å². The zero-order valence-electron chi connectivity index (χ0n) is 11.7. The molecule has 8 heteroatoms. The van der Waals surface area contributed by atoms with E-state index in [2.05, 4.69) is 15.2 Å². The van der Waals surface area contributed by atoms with Crippen LogP contribution in [0.4, 0.5) is 0 Å². The Bertz CT molecular complexity index is 787. The molecule has 1 aromatic carbocycles. The summed E-state index contributed by atoms with van der Waals surface area (Å²) in [6.45, 7) is -0.0382. The first-order valence-corrected chi connectivity index (χ1v) is 7.86. The Morgan fingerprint density at radius 1 is 1.36 bits per heavy atom. The fourth-order valence-corrected chi connectivity index (χ4v) is 2.88. The predicted octanol–water partition coefficient (Wildman–Crippen LogP) is 2.91. The summed E-state index contributed by atoms with van der Waals surface area (Å²) in [5, 5.41) is 18.6. The minimum Gasteiger partial charge on any atom is -0.420 e. The van der Waals surface area contributed by atoms with Crippen LogP contribution in [-0.2, 0) is 19.4 Å². The molecule has 0 unspecified atom stereocenters. The maximum Gasteiger partial charge on any atom is 0.247 e. The SMILES string of the molecule is Cn1c(CO)cnc1SCc1nnc(-c2cccc(Cl)c2)o1. The van der Waals surface area contributed by atoms with Crippen LogP contribution < -0.4 is 0 Å². The van der Waals surface area contributed by atoms with Crippen LogP contribution in [-0.4, -0.2) is 24.9 Å². The van der Waals surface area contributed by atoms with Crippen LogP contribution in [0.2, 0.25) is 5.02 Å². The molecule has 2 heterocycles. The summed E-state index contributed by atoms with van der Waals surface area (Å²) in [4.78, 5) is 4.24. The number of thioether (sulfide) groups is 1. The Kier molecular flexibility index (Phi) is 4.47. The number of aromatic nitrogens is 4. The lowest BCUT2D eigenvalue weighted by Crippen LogP contribution is -1.97. The number of nitrogens with zero attached hydrogens (tertiary/aromatic N) is 4. The minimum absolute atomic E-state index is 0.0382. The molecule has 0 saturated heterocycles. The second-order valence-corrected chi connectivity index (χ2v) is 5.93. The molecule has 3 aromatic rings. The van der Waals surface area contributed by atoms with Gasteiger partial charge < -0.3 is 14.1 Å². The highest BCUT2D eigenvalue weighted by molar-refractivity contribution is 7.98. The van der Waals surface area contributed by atoms with Gasteiger partial charge in [-0.15, -0.1) is 10.2 Å². The summed E-state index contributed by atoms with van der Waals surface area (Å²) in [5.41, 5.74) is 1.54. The number of halogens is 1. The number of hydrogen-bond acceptors (Lipinski definition) is 6. The summed E-state index contributed by atoms with van der Waals surface area (Å²) in [5.74, 6) is 1.45. The molecule has 2 aromatic heterocycles. The number of aliphatic hydroxyl groups is 1. The molecule has 3 rings (SSSR count). The maximum atomic E-state index is 9.15. The van der Waals surface area contributed by atoms with Gasteiger partial charge in [0.15, 0.2) is 5.16 Å². The lowest BCUT2D eigenvalue weighted by Gasteiger charge is -2.01. The van der Waals surface area contributed by atoms with Crippen molar-refractivity contribution >= 4 is 23.4 Å². The van der Waals surface area contributed by atoms with Gasteiger partial charge in [0, 0.05) is 17.6 Å². The lowest BCUT2D eigenvalue weighted by molar-refractivity contribution is 0.271. The molecule has 6 nitrogen and oxygen atoms in total. The fraction of sp³-hybridized carbons (Fsp3) is 0.214. The van der Waals surface area contributed by atoms with Crippen LogP contribution in [0.15, 0.2) is 40.0 Å². The van der Waals surface area contributed by atoms with E-state index in [1.807, 2.05) is 23.7 Å². The first-order chi connectivity index (χ1) is 10.7. The fourth-order valence-electron chi connectivity index (χ4n) is 1.88. The average Bonchev–Trinajstić information content (AvgIpc) is 3.12. The van der Waals surface area contributed by atoms with Gasteiger partial charge in [0.2, 0.25) is 11.8 Å². The van der Waals surface area contributed by atoms with Crippen LogP contribution in [0.25, 0.3) is 11.5 Å². The molecule has 0 atom stereocenters. The van der Waals surface area contributed by atoms with Gasteiger partial charge in [0.1, 0.15) is 0 Å². The lowest BCUT2D eigenvalue weighted by atomic mass is 10.2. The van der Waals surface area contributed by atoms with E-state index in [1.54, 1.807) is 18.3 Å². The number of aliphatic hydroxyl groups excluding tert-OH is 1. The first kappa shape index (κ1) is 15.1. The highest BCUT2D eigenvalue weighted by atomic mass is 35.5. The number of rotatable bonds is 5. The van der Waals surface area contributed by atoms with Gasteiger partial charge in [0.05, 0.1) is 24.3 Å². The van der Waals surface area contributed by atoms with Crippen molar-refractivity contribution in [2.75, 3.05) is 0 Å². The summed E-state index contributed by atoms with van der Waals surface area (Å²) in [6, 6.07) is 7.26. The number of hydrogen-bond donors (Lipinski definition) is 1. The zero-order chi connectivity index (χ0) is 15.5. The van der Waals surface area contributed by atoms with Crippen molar-refractivity contribution in [1.29, 1.82) is 0 Å². The molecule has 0 aliphatic carbocycles. The Labute approximate surface area is 136 Å². The van der Waals surface area contributed by atoms with Crippen molar-refractivity contribution in [1.82, 2.24) is 19.7 Å². The third-order valence-electron chi connectivity index (χ3n) is 3.07. The van der Waals surface area contributed by atoms with Gasteiger partial charge in [-0.3, -0.25) is 0 Å². The molecular weight excluding hydrogens is 324 g/mol. The van der Waals surface area contributed by atoms with E-state index < -0.39 is 0 Å². The summed E-state index contributed by atoms with van der Waals surface area (Å²) in [6.07, 6.45) is 1.65. The normalized spacial score (nSPS) is 11.0. The van der Waals surface area contributed by atoms with Crippen LogP contribution in [0.1, 0.15) is 11.6 Å². The monoisotopic (exact) mass is 336 g/mol. The van der Waals surface area contributed by atoms with Crippen molar-refractivity contribution in [3.8, 4) is 11.5 Å². The van der Waals surface area contributed by atoms with Crippen LogP contribution in [0.3, 0.4) is 0 Å². The van der Waals surface area contributed by atoms with E-state index in [0.29, 0.717) is 22.6 Å². The minimum atomic E-state index is -0.0382. The van der Waals surface area contributed by atoms with Crippen molar-refractivity contribution in [2.24, 2.45) is 7.05 Å². The van der Waals surface area contributed by atoms with Crippen molar-refractivity contribution in [3.63, 3.8) is 0 Å². The molecule has 22 heavy (non-hydrogen) atoms. The Morgan fingerprint density at radius 2 is 2.23 bits per heavy atom. The standard InChI is InChI=1S/C14H13ClN4O2S/c1-19-11(7-20)6-16-14(19)22-8-12-17-18-13(21-12)9-3-2-4-10(15)5-9/h2-6,20H,7-8H2,1H3. The van der Waals surface area contributed by atoms with Crippen LogP contribution in [0.5, 0.6) is 0 Å². The number of benzene rings is 1. The average molecular weight is 337 g/mol. The molecule has 114 valence electrons. The topological polar surface area (TPSA) is 77.0 Å². The third-order valence-corrected chi connectivity index (χ3v) is 4.33. The molecule has 1 N–H and O–H groups in total.